The molecule has 0 bridgehead atoms. The number of carboxylic acids is 1. The van der Waals surface area contributed by atoms with E-state index >= 15 is 0 Å². The Morgan fingerprint density at radius 3 is 2.79 bits per heavy atom. The molecule has 1 unspecified atom stereocenters. The predicted molar refractivity (Wildman–Crippen MR) is 49.9 cm³/mol. The minimum atomic E-state index is -3.38. The molecule has 1 aliphatic rings. The fourth-order valence-electron chi connectivity index (χ4n) is 1.56. The van der Waals surface area contributed by atoms with Crippen molar-refractivity contribution in [2.75, 3.05) is 20.1 Å². The first-order valence-electron chi connectivity index (χ1n) is 4.36. The van der Waals surface area contributed by atoms with Crippen LogP contribution < -0.4 is 4.72 Å². The van der Waals surface area contributed by atoms with Gasteiger partial charge in [-0.25, -0.2) is 4.72 Å². The second-order valence-corrected chi connectivity index (χ2v) is 5.19. The molecule has 0 radical (unpaired) electrons. The van der Waals surface area contributed by atoms with Crippen molar-refractivity contribution in [2.24, 2.45) is 5.92 Å². The highest BCUT2D eigenvalue weighted by molar-refractivity contribution is 7.87. The second-order valence-electron chi connectivity index (χ2n) is 3.32. The van der Waals surface area contributed by atoms with E-state index in [4.69, 9.17) is 5.11 Å². The van der Waals surface area contributed by atoms with E-state index in [1.165, 1.54) is 11.4 Å². The van der Waals surface area contributed by atoms with Gasteiger partial charge in [0.2, 0.25) is 0 Å². The molecule has 1 atom stereocenters. The number of aliphatic carboxylic acids is 1. The molecule has 0 aliphatic carbocycles. The lowest BCUT2D eigenvalue weighted by Crippen LogP contribution is -2.37. The fraction of sp³-hybridized carbons (Fsp3) is 0.857. The monoisotopic (exact) mass is 222 g/mol. The van der Waals surface area contributed by atoms with Gasteiger partial charge in [-0.15, -0.1) is 0 Å². The van der Waals surface area contributed by atoms with Gasteiger partial charge in [-0.1, -0.05) is 0 Å². The largest absolute Gasteiger partial charge is 0.481 e. The molecule has 0 aromatic carbocycles. The van der Waals surface area contributed by atoms with Crippen LogP contribution in [0.3, 0.4) is 0 Å². The molecule has 14 heavy (non-hydrogen) atoms. The van der Waals surface area contributed by atoms with Crippen LogP contribution in [0.4, 0.5) is 0 Å². The minimum absolute atomic E-state index is 0.0374. The molecule has 6 nitrogen and oxygen atoms in total. The van der Waals surface area contributed by atoms with Gasteiger partial charge in [0.15, 0.2) is 0 Å². The van der Waals surface area contributed by atoms with Crippen LogP contribution in [-0.2, 0) is 15.0 Å². The predicted octanol–water partition coefficient (Wildman–Crippen LogP) is -0.753. The Hall–Kier alpha value is -0.660. The number of carbonyl (C=O) groups is 1. The Labute approximate surface area is 83.1 Å². The van der Waals surface area contributed by atoms with Crippen molar-refractivity contribution >= 4 is 16.2 Å². The highest BCUT2D eigenvalue weighted by Crippen LogP contribution is 2.21. The van der Waals surface area contributed by atoms with E-state index in [2.05, 4.69) is 4.72 Å². The van der Waals surface area contributed by atoms with Crippen LogP contribution in [-0.4, -0.2) is 43.9 Å². The van der Waals surface area contributed by atoms with Gasteiger partial charge in [-0.05, 0) is 12.3 Å². The molecule has 0 saturated carbocycles. The number of hydrogen-bond acceptors (Lipinski definition) is 3. The van der Waals surface area contributed by atoms with Crippen LogP contribution in [0.1, 0.15) is 12.8 Å². The maximum Gasteiger partial charge on any atom is 0.303 e. The van der Waals surface area contributed by atoms with Gasteiger partial charge >= 0.3 is 5.97 Å². The molecular weight excluding hydrogens is 208 g/mol. The van der Waals surface area contributed by atoms with E-state index in [0.29, 0.717) is 19.5 Å². The smallest absolute Gasteiger partial charge is 0.303 e. The Morgan fingerprint density at radius 1 is 1.64 bits per heavy atom. The molecule has 0 aromatic rings. The topological polar surface area (TPSA) is 86.7 Å². The maximum absolute atomic E-state index is 11.3. The lowest BCUT2D eigenvalue weighted by Gasteiger charge is -2.14. The molecule has 7 heteroatoms. The van der Waals surface area contributed by atoms with Gasteiger partial charge in [-0.3, -0.25) is 4.79 Å². The summed E-state index contributed by atoms with van der Waals surface area (Å²) in [6, 6.07) is 0. The first-order chi connectivity index (χ1) is 6.45. The van der Waals surface area contributed by atoms with Crippen LogP contribution in [0.2, 0.25) is 0 Å². The summed E-state index contributed by atoms with van der Waals surface area (Å²) >= 11 is 0. The summed E-state index contributed by atoms with van der Waals surface area (Å²) in [5, 5.41) is 8.54. The van der Waals surface area contributed by atoms with E-state index in [0.717, 1.165) is 0 Å². The summed E-state index contributed by atoms with van der Waals surface area (Å²) in [4.78, 5) is 10.4. The average Bonchev–Trinajstić information content (AvgIpc) is 2.52. The number of rotatable bonds is 4. The number of carboxylic acid groups (broad SMARTS) is 1. The molecule has 0 amide bonds. The Morgan fingerprint density at radius 2 is 2.29 bits per heavy atom. The lowest BCUT2D eigenvalue weighted by molar-refractivity contribution is -0.137. The fourth-order valence-corrected chi connectivity index (χ4v) is 2.57. The van der Waals surface area contributed by atoms with Crippen LogP contribution in [0, 0.1) is 5.92 Å². The van der Waals surface area contributed by atoms with E-state index in [9.17, 15) is 13.2 Å². The van der Waals surface area contributed by atoms with E-state index in [-0.39, 0.29) is 12.3 Å². The molecule has 1 fully saturated rings. The van der Waals surface area contributed by atoms with Crippen molar-refractivity contribution in [3.8, 4) is 0 Å². The Kier molecular flexibility index (Phi) is 3.46. The first-order valence-corrected chi connectivity index (χ1v) is 5.80. The van der Waals surface area contributed by atoms with Gasteiger partial charge in [0.05, 0.1) is 0 Å². The van der Waals surface area contributed by atoms with E-state index in [1.54, 1.807) is 0 Å². The van der Waals surface area contributed by atoms with Gasteiger partial charge in [-0.2, -0.15) is 12.7 Å². The van der Waals surface area contributed by atoms with Crippen molar-refractivity contribution in [2.45, 2.75) is 12.8 Å². The molecule has 82 valence electrons. The van der Waals surface area contributed by atoms with Crippen molar-refractivity contribution in [1.29, 1.82) is 0 Å². The average molecular weight is 222 g/mol. The standard InChI is InChI=1S/C7H14N2O4S/c1-8-14(12,13)9-3-2-6(5-9)4-7(10)11/h6,8H,2-5H2,1H3,(H,10,11). The zero-order valence-corrected chi connectivity index (χ0v) is 8.75. The Balaban J connectivity index is 2.53. The molecule has 0 aromatic heterocycles. The summed E-state index contributed by atoms with van der Waals surface area (Å²) in [7, 11) is -2.03. The van der Waals surface area contributed by atoms with Gasteiger partial charge in [0, 0.05) is 26.6 Å². The summed E-state index contributed by atoms with van der Waals surface area (Å²) in [5.74, 6) is -0.936. The third-order valence-electron chi connectivity index (χ3n) is 2.31. The summed E-state index contributed by atoms with van der Waals surface area (Å²) in [6.07, 6.45) is 0.656. The normalized spacial score (nSPS) is 23.9. The number of nitrogens with zero attached hydrogens (tertiary/aromatic N) is 1. The molecule has 2 N–H and O–H groups in total. The zero-order chi connectivity index (χ0) is 10.8. The third kappa shape index (κ3) is 2.66. The van der Waals surface area contributed by atoms with Gasteiger partial charge < -0.3 is 5.11 Å². The summed E-state index contributed by atoms with van der Waals surface area (Å²) < 4.78 is 26.1. The number of hydrogen-bond donors (Lipinski definition) is 2. The first kappa shape index (κ1) is 11.4. The molecule has 0 spiro atoms. The number of nitrogens with one attached hydrogen (secondary N) is 1. The minimum Gasteiger partial charge on any atom is -0.481 e. The van der Waals surface area contributed by atoms with Crippen LogP contribution >= 0.6 is 0 Å². The SMILES string of the molecule is CNS(=O)(=O)N1CCC(CC(=O)O)C1. The summed E-state index contributed by atoms with van der Waals surface area (Å²) in [5.41, 5.74) is 0. The van der Waals surface area contributed by atoms with Crippen molar-refractivity contribution in [1.82, 2.24) is 9.03 Å². The van der Waals surface area contributed by atoms with Crippen molar-refractivity contribution < 1.29 is 18.3 Å². The van der Waals surface area contributed by atoms with Crippen LogP contribution in [0.25, 0.3) is 0 Å². The maximum atomic E-state index is 11.3. The molecule has 1 aliphatic heterocycles. The van der Waals surface area contributed by atoms with Gasteiger partial charge in [0.25, 0.3) is 10.2 Å². The van der Waals surface area contributed by atoms with Gasteiger partial charge in [0.1, 0.15) is 0 Å². The van der Waals surface area contributed by atoms with Crippen molar-refractivity contribution in [3.63, 3.8) is 0 Å². The summed E-state index contributed by atoms with van der Waals surface area (Å²) in [6.45, 7) is 0.705. The molecule has 1 saturated heterocycles. The van der Waals surface area contributed by atoms with Crippen LogP contribution in [0.15, 0.2) is 0 Å². The highest BCUT2D eigenvalue weighted by Gasteiger charge is 2.31. The third-order valence-corrected chi connectivity index (χ3v) is 3.84. The molecule has 1 rings (SSSR count). The quantitative estimate of drug-likeness (QED) is 0.655. The second kappa shape index (κ2) is 4.24. The van der Waals surface area contributed by atoms with Crippen LogP contribution in [0.5, 0.6) is 0 Å². The molecule has 1 heterocycles. The lowest BCUT2D eigenvalue weighted by atomic mass is 10.1. The molecular formula is C7H14N2O4S. The van der Waals surface area contributed by atoms with E-state index < -0.39 is 16.2 Å². The van der Waals surface area contributed by atoms with Crippen molar-refractivity contribution in [3.05, 3.63) is 0 Å². The Bertz CT molecular complexity index is 314. The highest BCUT2D eigenvalue weighted by atomic mass is 32.2. The van der Waals surface area contributed by atoms with E-state index in [1.807, 2.05) is 0 Å². The zero-order valence-electron chi connectivity index (χ0n) is 7.93.